The minimum Gasteiger partial charge on any atom is -0.494 e. The quantitative estimate of drug-likeness (QED) is 0.331. The van der Waals surface area contributed by atoms with Gasteiger partial charge in [0.2, 0.25) is 0 Å². The maximum atomic E-state index is 13.1. The molecule has 0 aliphatic heterocycles. The topological polar surface area (TPSA) is 65.5 Å². The van der Waals surface area contributed by atoms with Crippen molar-refractivity contribution in [3.8, 4) is 5.75 Å². The highest BCUT2D eigenvalue weighted by atomic mass is 16.5. The molecule has 30 heavy (non-hydrogen) atoms. The zero-order valence-corrected chi connectivity index (χ0v) is 17.1. The van der Waals surface area contributed by atoms with Crippen molar-refractivity contribution in [2.24, 2.45) is 0 Å². The molecule has 3 aromatic rings. The van der Waals surface area contributed by atoms with Crippen LogP contribution in [-0.4, -0.2) is 30.0 Å². The number of hydrogen-bond donors (Lipinski definition) is 0. The van der Waals surface area contributed by atoms with Gasteiger partial charge in [-0.1, -0.05) is 24.6 Å². The summed E-state index contributed by atoms with van der Waals surface area (Å²) in [6.45, 7) is 2.18. The summed E-state index contributed by atoms with van der Waals surface area (Å²) in [6, 6.07) is 14.5. The van der Waals surface area contributed by atoms with Crippen molar-refractivity contribution >= 4 is 22.7 Å². The van der Waals surface area contributed by atoms with Crippen LogP contribution in [0.25, 0.3) is 10.9 Å². The third kappa shape index (κ3) is 4.20. The van der Waals surface area contributed by atoms with Crippen LogP contribution in [0.15, 0.2) is 48.5 Å². The van der Waals surface area contributed by atoms with Crippen molar-refractivity contribution < 1.29 is 19.1 Å². The van der Waals surface area contributed by atoms with Crippen molar-refractivity contribution in [1.29, 1.82) is 0 Å². The van der Waals surface area contributed by atoms with E-state index in [0.717, 1.165) is 54.3 Å². The lowest BCUT2D eigenvalue weighted by Gasteiger charge is -2.14. The molecular weight excluding hydrogens is 378 g/mol. The SMILES string of the molecule is CCOc1ccc(C(=O)COC(=O)c2c3c(nc4ccccc24)CCCCC3)cc1. The van der Waals surface area contributed by atoms with E-state index >= 15 is 0 Å². The molecule has 0 bridgehead atoms. The van der Waals surface area contributed by atoms with E-state index in [1.165, 1.54) is 0 Å². The van der Waals surface area contributed by atoms with Crippen LogP contribution in [0.2, 0.25) is 0 Å². The molecule has 0 amide bonds. The number of aryl methyl sites for hydroxylation is 1. The molecule has 0 fully saturated rings. The minimum atomic E-state index is -0.453. The number of esters is 1. The second-order valence-electron chi connectivity index (χ2n) is 7.45. The molecule has 0 saturated heterocycles. The molecule has 0 spiro atoms. The van der Waals surface area contributed by atoms with Crippen molar-refractivity contribution in [3.63, 3.8) is 0 Å². The standard InChI is InChI=1S/C25H25NO4/c1-2-29-18-14-12-17(13-15-18)23(27)16-30-25(28)24-19-8-4-3-5-10-21(19)26-22-11-7-6-9-20(22)24/h6-7,9,11-15H,2-5,8,10,16H2,1H3. The monoisotopic (exact) mass is 403 g/mol. The molecule has 0 N–H and O–H groups in total. The normalized spacial score (nSPS) is 13.4. The molecule has 0 atom stereocenters. The Hall–Kier alpha value is -3.21. The molecule has 5 heteroatoms. The van der Waals surface area contributed by atoms with E-state index in [0.29, 0.717) is 23.5 Å². The van der Waals surface area contributed by atoms with Gasteiger partial charge in [-0.15, -0.1) is 0 Å². The van der Waals surface area contributed by atoms with E-state index in [1.54, 1.807) is 24.3 Å². The first-order valence-corrected chi connectivity index (χ1v) is 10.5. The number of benzene rings is 2. The highest BCUT2D eigenvalue weighted by Gasteiger charge is 2.23. The Morgan fingerprint density at radius 3 is 2.53 bits per heavy atom. The maximum Gasteiger partial charge on any atom is 0.339 e. The number of pyridine rings is 1. The molecule has 154 valence electrons. The average molecular weight is 403 g/mol. The van der Waals surface area contributed by atoms with Crippen LogP contribution in [0, 0.1) is 0 Å². The van der Waals surface area contributed by atoms with Gasteiger partial charge in [-0.3, -0.25) is 9.78 Å². The van der Waals surface area contributed by atoms with Gasteiger partial charge < -0.3 is 9.47 Å². The van der Waals surface area contributed by atoms with Crippen LogP contribution in [0.3, 0.4) is 0 Å². The van der Waals surface area contributed by atoms with Gasteiger partial charge in [0.05, 0.1) is 17.7 Å². The molecule has 1 aliphatic carbocycles. The summed E-state index contributed by atoms with van der Waals surface area (Å²) in [6.07, 6.45) is 4.90. The number of ketones is 1. The predicted octanol–water partition coefficient (Wildman–Crippen LogP) is 4.94. The summed E-state index contributed by atoms with van der Waals surface area (Å²) in [5, 5.41) is 0.789. The Kier molecular flexibility index (Phi) is 6.07. The number of aromatic nitrogens is 1. The molecular formula is C25H25NO4. The number of carbonyl (C=O) groups is 2. The highest BCUT2D eigenvalue weighted by molar-refractivity contribution is 6.06. The van der Waals surface area contributed by atoms with E-state index in [4.69, 9.17) is 14.5 Å². The van der Waals surface area contributed by atoms with Crippen molar-refractivity contribution in [3.05, 3.63) is 70.9 Å². The number of hydrogen-bond acceptors (Lipinski definition) is 5. The number of rotatable bonds is 6. The number of Topliss-reactive ketones (excluding diaryl/α,β-unsaturated/α-hetero) is 1. The zero-order valence-electron chi connectivity index (χ0n) is 17.1. The lowest BCUT2D eigenvalue weighted by molar-refractivity contribution is 0.0475. The number of ether oxygens (including phenoxy) is 2. The lowest BCUT2D eigenvalue weighted by Crippen LogP contribution is -2.17. The Morgan fingerprint density at radius 2 is 1.73 bits per heavy atom. The average Bonchev–Trinajstić information content (AvgIpc) is 3.01. The van der Waals surface area contributed by atoms with E-state index in [1.807, 2.05) is 31.2 Å². The summed E-state index contributed by atoms with van der Waals surface area (Å²) < 4.78 is 10.9. The van der Waals surface area contributed by atoms with E-state index in [-0.39, 0.29) is 12.4 Å². The van der Waals surface area contributed by atoms with Crippen LogP contribution in [0.1, 0.15) is 58.2 Å². The van der Waals surface area contributed by atoms with E-state index < -0.39 is 5.97 Å². The highest BCUT2D eigenvalue weighted by Crippen LogP contribution is 2.29. The Bertz CT molecular complexity index is 1070. The largest absolute Gasteiger partial charge is 0.494 e. The fourth-order valence-electron chi connectivity index (χ4n) is 3.97. The molecule has 4 rings (SSSR count). The second kappa shape index (κ2) is 9.08. The van der Waals surface area contributed by atoms with Crippen LogP contribution < -0.4 is 4.74 Å². The molecule has 0 radical (unpaired) electrons. The zero-order chi connectivity index (χ0) is 20.9. The molecule has 0 saturated carbocycles. The van der Waals surface area contributed by atoms with Gasteiger partial charge in [0.15, 0.2) is 12.4 Å². The summed E-state index contributed by atoms with van der Waals surface area (Å²) in [4.78, 5) is 30.4. The van der Waals surface area contributed by atoms with Crippen molar-refractivity contribution in [1.82, 2.24) is 4.98 Å². The van der Waals surface area contributed by atoms with Crippen LogP contribution in [-0.2, 0) is 17.6 Å². The third-order valence-electron chi connectivity index (χ3n) is 5.45. The maximum absolute atomic E-state index is 13.1. The van der Waals surface area contributed by atoms with Gasteiger partial charge in [-0.05, 0) is 68.5 Å². The molecule has 1 heterocycles. The smallest absolute Gasteiger partial charge is 0.339 e. The summed E-state index contributed by atoms with van der Waals surface area (Å²) in [5.74, 6) is 0.0129. The molecule has 5 nitrogen and oxygen atoms in total. The molecule has 1 aromatic heterocycles. The van der Waals surface area contributed by atoms with E-state index in [9.17, 15) is 9.59 Å². The van der Waals surface area contributed by atoms with Crippen LogP contribution >= 0.6 is 0 Å². The third-order valence-corrected chi connectivity index (χ3v) is 5.45. The van der Waals surface area contributed by atoms with Crippen molar-refractivity contribution in [2.45, 2.75) is 39.0 Å². The number of nitrogens with zero attached hydrogens (tertiary/aromatic N) is 1. The number of para-hydroxylation sites is 1. The summed E-state index contributed by atoms with van der Waals surface area (Å²) >= 11 is 0. The van der Waals surface area contributed by atoms with Gasteiger partial charge in [-0.25, -0.2) is 4.79 Å². The first-order chi connectivity index (χ1) is 14.7. The van der Waals surface area contributed by atoms with Crippen LogP contribution in [0.5, 0.6) is 5.75 Å². The predicted molar refractivity (Wildman–Crippen MR) is 115 cm³/mol. The van der Waals surface area contributed by atoms with Crippen LogP contribution in [0.4, 0.5) is 0 Å². The Balaban J connectivity index is 1.57. The first-order valence-electron chi connectivity index (χ1n) is 10.5. The fraction of sp³-hybridized carbons (Fsp3) is 0.320. The van der Waals surface area contributed by atoms with E-state index in [2.05, 4.69) is 0 Å². The van der Waals surface area contributed by atoms with Gasteiger partial charge in [-0.2, -0.15) is 0 Å². The van der Waals surface area contributed by atoms with Gasteiger partial charge in [0.25, 0.3) is 0 Å². The van der Waals surface area contributed by atoms with Gasteiger partial charge >= 0.3 is 5.97 Å². The minimum absolute atomic E-state index is 0.240. The van der Waals surface area contributed by atoms with Gasteiger partial charge in [0.1, 0.15) is 5.75 Å². The number of carbonyl (C=O) groups excluding carboxylic acids is 2. The second-order valence-corrected chi connectivity index (χ2v) is 7.45. The van der Waals surface area contributed by atoms with Gasteiger partial charge in [0, 0.05) is 16.6 Å². The molecule has 1 aliphatic rings. The first kappa shape index (κ1) is 20.1. The lowest BCUT2D eigenvalue weighted by atomic mass is 9.97. The summed E-state index contributed by atoms with van der Waals surface area (Å²) in [5.41, 5.74) is 3.81. The molecule has 2 aromatic carbocycles. The molecule has 0 unspecified atom stereocenters. The van der Waals surface area contributed by atoms with Crippen molar-refractivity contribution in [2.75, 3.05) is 13.2 Å². The summed E-state index contributed by atoms with van der Waals surface area (Å²) in [7, 11) is 0. The Labute approximate surface area is 176 Å². The number of fused-ring (bicyclic) bond motifs is 2. The fourth-order valence-corrected chi connectivity index (χ4v) is 3.97. The Morgan fingerprint density at radius 1 is 0.967 bits per heavy atom.